The quantitative estimate of drug-likeness (QED) is 0.824. The number of rotatable bonds is 5. The molecule has 2 N–H and O–H groups in total. The van der Waals surface area contributed by atoms with Crippen molar-refractivity contribution >= 4 is 28.2 Å². The molecule has 8 heteroatoms. The van der Waals surface area contributed by atoms with Crippen LogP contribution in [0, 0.1) is 0 Å². The summed E-state index contributed by atoms with van der Waals surface area (Å²) in [6.45, 7) is 1.26. The summed E-state index contributed by atoms with van der Waals surface area (Å²) in [6.07, 6.45) is 10.5. The van der Waals surface area contributed by atoms with Gasteiger partial charge in [0, 0.05) is 30.4 Å². The standard InChI is InChI=1S/C19H22N4O3S/c24-17(14-11-20-7-8-21-14)23-19-16(13-5-1-2-6-15(13)27-19)18(25)22-10-12-4-3-9-26-12/h7-8,11-12H,1-6,9-10H2,(H,22,25)(H,23,24). The number of hydrogen-bond acceptors (Lipinski definition) is 6. The Morgan fingerprint density at radius 1 is 1.19 bits per heavy atom. The summed E-state index contributed by atoms with van der Waals surface area (Å²) in [4.78, 5) is 34.6. The predicted octanol–water partition coefficient (Wildman–Crippen LogP) is 2.58. The number of aryl methyl sites for hydroxylation is 1. The number of hydrogen-bond donors (Lipinski definition) is 2. The molecule has 2 amide bonds. The highest BCUT2D eigenvalue weighted by atomic mass is 32.1. The number of anilines is 1. The first-order valence-electron chi connectivity index (χ1n) is 9.34. The van der Waals surface area contributed by atoms with Crippen LogP contribution in [0.2, 0.25) is 0 Å². The summed E-state index contributed by atoms with van der Waals surface area (Å²) in [7, 11) is 0. The van der Waals surface area contributed by atoms with E-state index < -0.39 is 0 Å². The third-order valence-electron chi connectivity index (χ3n) is 4.94. The largest absolute Gasteiger partial charge is 0.376 e. The maximum absolute atomic E-state index is 12.9. The van der Waals surface area contributed by atoms with Gasteiger partial charge in [-0.3, -0.25) is 14.6 Å². The average molecular weight is 386 g/mol. The van der Waals surface area contributed by atoms with Crippen molar-refractivity contribution in [3.8, 4) is 0 Å². The minimum atomic E-state index is -0.352. The van der Waals surface area contributed by atoms with E-state index in [1.807, 2.05) is 0 Å². The lowest BCUT2D eigenvalue weighted by Crippen LogP contribution is -2.32. The molecule has 4 rings (SSSR count). The number of fused-ring (bicyclic) bond motifs is 1. The number of carbonyl (C=O) groups excluding carboxylic acids is 2. The van der Waals surface area contributed by atoms with Gasteiger partial charge < -0.3 is 15.4 Å². The number of nitrogens with one attached hydrogen (secondary N) is 2. The second kappa shape index (κ2) is 8.14. The molecule has 0 radical (unpaired) electrons. The Balaban J connectivity index is 1.56. The number of nitrogens with zero attached hydrogens (tertiary/aromatic N) is 2. The Hall–Kier alpha value is -2.32. The summed E-state index contributed by atoms with van der Waals surface area (Å²) >= 11 is 1.50. The van der Waals surface area contributed by atoms with Crippen molar-refractivity contribution in [3.63, 3.8) is 0 Å². The van der Waals surface area contributed by atoms with Crippen molar-refractivity contribution < 1.29 is 14.3 Å². The molecule has 1 saturated heterocycles. The van der Waals surface area contributed by atoms with E-state index in [0.717, 1.165) is 50.7 Å². The lowest BCUT2D eigenvalue weighted by molar-refractivity contribution is 0.0858. The Labute approximate surface area is 161 Å². The van der Waals surface area contributed by atoms with E-state index in [1.165, 1.54) is 34.8 Å². The Bertz CT molecular complexity index is 831. The highest BCUT2D eigenvalue weighted by Gasteiger charge is 2.27. The van der Waals surface area contributed by atoms with Gasteiger partial charge in [-0.1, -0.05) is 0 Å². The summed E-state index contributed by atoms with van der Waals surface area (Å²) < 4.78 is 5.59. The van der Waals surface area contributed by atoms with Gasteiger partial charge in [-0.05, 0) is 44.1 Å². The molecule has 1 fully saturated rings. The molecule has 1 unspecified atom stereocenters. The molecular weight excluding hydrogens is 364 g/mol. The van der Waals surface area contributed by atoms with E-state index in [0.29, 0.717) is 17.1 Å². The van der Waals surface area contributed by atoms with Gasteiger partial charge in [0.15, 0.2) is 0 Å². The zero-order valence-electron chi connectivity index (χ0n) is 15.0. The third kappa shape index (κ3) is 4.01. The highest BCUT2D eigenvalue weighted by molar-refractivity contribution is 7.17. The summed E-state index contributed by atoms with van der Waals surface area (Å²) in [5.41, 5.74) is 1.91. The molecule has 1 aliphatic carbocycles. The molecule has 0 saturated carbocycles. The van der Waals surface area contributed by atoms with Crippen LogP contribution >= 0.6 is 11.3 Å². The molecule has 142 valence electrons. The molecule has 27 heavy (non-hydrogen) atoms. The fourth-order valence-corrected chi connectivity index (χ4v) is 4.86. The molecule has 0 bridgehead atoms. The number of amides is 2. The minimum absolute atomic E-state index is 0.0843. The van der Waals surface area contributed by atoms with Crippen LogP contribution in [-0.2, 0) is 17.6 Å². The van der Waals surface area contributed by atoms with Crippen LogP contribution in [0.3, 0.4) is 0 Å². The zero-order valence-corrected chi connectivity index (χ0v) is 15.8. The molecule has 1 aliphatic heterocycles. The van der Waals surface area contributed by atoms with Crippen LogP contribution in [0.1, 0.15) is 57.0 Å². The fourth-order valence-electron chi connectivity index (χ4n) is 3.58. The lowest BCUT2D eigenvalue weighted by Gasteiger charge is -2.15. The number of ether oxygens (including phenoxy) is 1. The van der Waals surface area contributed by atoms with Crippen molar-refractivity contribution in [1.82, 2.24) is 15.3 Å². The molecular formula is C19H22N4O3S. The van der Waals surface area contributed by atoms with Crippen LogP contribution < -0.4 is 10.6 Å². The van der Waals surface area contributed by atoms with E-state index in [-0.39, 0.29) is 23.6 Å². The number of thiophene rings is 1. The van der Waals surface area contributed by atoms with Crippen molar-refractivity contribution in [2.24, 2.45) is 0 Å². The minimum Gasteiger partial charge on any atom is -0.376 e. The zero-order chi connectivity index (χ0) is 18.6. The predicted molar refractivity (Wildman–Crippen MR) is 102 cm³/mol. The van der Waals surface area contributed by atoms with Gasteiger partial charge >= 0.3 is 0 Å². The molecule has 0 spiro atoms. The second-order valence-electron chi connectivity index (χ2n) is 6.80. The molecule has 2 aromatic heterocycles. The summed E-state index contributed by atoms with van der Waals surface area (Å²) in [5, 5.41) is 6.47. The van der Waals surface area contributed by atoms with Crippen molar-refractivity contribution in [3.05, 3.63) is 40.3 Å². The summed E-state index contributed by atoms with van der Waals surface area (Å²) in [6, 6.07) is 0. The van der Waals surface area contributed by atoms with E-state index in [2.05, 4.69) is 20.6 Å². The maximum atomic E-state index is 12.9. The topological polar surface area (TPSA) is 93.2 Å². The van der Waals surface area contributed by atoms with Gasteiger partial charge in [-0.15, -0.1) is 11.3 Å². The molecule has 3 heterocycles. The monoisotopic (exact) mass is 386 g/mol. The van der Waals surface area contributed by atoms with Gasteiger partial charge in [0.05, 0.1) is 17.9 Å². The normalized spacial score (nSPS) is 18.7. The van der Waals surface area contributed by atoms with E-state index in [9.17, 15) is 9.59 Å². The van der Waals surface area contributed by atoms with Gasteiger partial charge in [-0.25, -0.2) is 4.98 Å². The Kier molecular flexibility index (Phi) is 5.45. The van der Waals surface area contributed by atoms with Crippen molar-refractivity contribution in [1.29, 1.82) is 0 Å². The SMILES string of the molecule is O=C(Nc1sc2c(c1C(=O)NCC1CCCO1)CCCC2)c1cnccn1. The average Bonchev–Trinajstić information content (AvgIpc) is 3.34. The third-order valence-corrected chi connectivity index (χ3v) is 6.14. The van der Waals surface area contributed by atoms with Gasteiger partial charge in [0.1, 0.15) is 10.7 Å². The summed E-state index contributed by atoms with van der Waals surface area (Å²) in [5.74, 6) is -0.491. The first kappa shape index (κ1) is 18.1. The molecule has 0 aromatic carbocycles. The maximum Gasteiger partial charge on any atom is 0.276 e. The van der Waals surface area contributed by atoms with Crippen LogP contribution in [0.15, 0.2) is 18.6 Å². The van der Waals surface area contributed by atoms with Crippen LogP contribution in [0.25, 0.3) is 0 Å². The molecule has 7 nitrogen and oxygen atoms in total. The first-order chi connectivity index (χ1) is 13.2. The molecule has 1 atom stereocenters. The highest BCUT2D eigenvalue weighted by Crippen LogP contribution is 2.38. The second-order valence-corrected chi connectivity index (χ2v) is 7.91. The molecule has 2 aromatic rings. The van der Waals surface area contributed by atoms with Gasteiger partial charge in [0.2, 0.25) is 0 Å². The van der Waals surface area contributed by atoms with Crippen molar-refractivity contribution in [2.75, 3.05) is 18.5 Å². The van der Waals surface area contributed by atoms with Crippen LogP contribution in [0.4, 0.5) is 5.00 Å². The van der Waals surface area contributed by atoms with E-state index in [1.54, 1.807) is 0 Å². The van der Waals surface area contributed by atoms with Crippen molar-refractivity contribution in [2.45, 2.75) is 44.6 Å². The van der Waals surface area contributed by atoms with Gasteiger partial charge in [0.25, 0.3) is 11.8 Å². The van der Waals surface area contributed by atoms with Gasteiger partial charge in [-0.2, -0.15) is 0 Å². The Morgan fingerprint density at radius 3 is 2.85 bits per heavy atom. The molecule has 2 aliphatic rings. The number of carbonyl (C=O) groups is 2. The smallest absolute Gasteiger partial charge is 0.276 e. The first-order valence-corrected chi connectivity index (χ1v) is 10.2. The Morgan fingerprint density at radius 2 is 2.07 bits per heavy atom. The van der Waals surface area contributed by atoms with E-state index >= 15 is 0 Å². The number of aromatic nitrogens is 2. The van der Waals surface area contributed by atoms with E-state index in [4.69, 9.17) is 4.74 Å². The van der Waals surface area contributed by atoms with Crippen LogP contribution in [0.5, 0.6) is 0 Å². The lowest BCUT2D eigenvalue weighted by atomic mass is 9.95. The van der Waals surface area contributed by atoms with Crippen LogP contribution in [-0.4, -0.2) is 41.0 Å². The fraction of sp³-hybridized carbons (Fsp3) is 0.474.